The molecule has 5 heterocycles. The van der Waals surface area contributed by atoms with Gasteiger partial charge in [-0.05, 0) is 68.8 Å². The fourth-order valence-corrected chi connectivity index (χ4v) is 6.89. The lowest BCUT2D eigenvalue weighted by Gasteiger charge is -2.36. The number of amides is 1. The summed E-state index contributed by atoms with van der Waals surface area (Å²) in [5, 5.41) is 3.04. The second-order valence-corrected chi connectivity index (χ2v) is 13.3. The predicted octanol–water partition coefficient (Wildman–Crippen LogP) is 3.93. The van der Waals surface area contributed by atoms with E-state index in [1.165, 1.54) is 6.07 Å². The quantitative estimate of drug-likeness (QED) is 0.370. The minimum absolute atomic E-state index is 0.121. The van der Waals surface area contributed by atoms with Gasteiger partial charge in [0.1, 0.15) is 5.82 Å². The summed E-state index contributed by atoms with van der Waals surface area (Å²) in [6, 6.07) is 16.4. The third kappa shape index (κ3) is 5.72. The van der Waals surface area contributed by atoms with Gasteiger partial charge in [-0.2, -0.15) is 0 Å². The normalized spacial score (nSPS) is 21.9. The number of carbonyl (C=O) groups is 1. The molecule has 1 amide bonds. The van der Waals surface area contributed by atoms with Gasteiger partial charge in [-0.25, -0.2) is 18.4 Å². The van der Waals surface area contributed by atoms with E-state index >= 15 is 0 Å². The topological polar surface area (TPSA) is 124 Å². The fraction of sp³-hybridized carbons (Fsp3) is 0.355. The summed E-state index contributed by atoms with van der Waals surface area (Å²) < 4.78 is 37.2. The Morgan fingerprint density at radius 2 is 1.79 bits per heavy atom. The van der Waals surface area contributed by atoms with E-state index in [-0.39, 0.29) is 48.3 Å². The number of hydrogen-bond acceptors (Lipinski definition) is 9. The van der Waals surface area contributed by atoms with E-state index in [4.69, 9.17) is 19.4 Å². The first-order chi connectivity index (χ1) is 20.2. The second-order valence-electron chi connectivity index (χ2n) is 11.0. The maximum absolute atomic E-state index is 13.0. The van der Waals surface area contributed by atoms with Crippen LogP contribution in [0.2, 0.25) is 0 Å². The van der Waals surface area contributed by atoms with Crippen LogP contribution in [0.3, 0.4) is 0 Å². The van der Waals surface area contributed by atoms with Crippen molar-refractivity contribution in [1.82, 2.24) is 20.3 Å². The molecule has 0 radical (unpaired) electrons. The third-order valence-electron chi connectivity index (χ3n) is 7.58. The van der Waals surface area contributed by atoms with Gasteiger partial charge in [0, 0.05) is 30.2 Å². The highest BCUT2D eigenvalue weighted by Gasteiger charge is 2.30. The van der Waals surface area contributed by atoms with Gasteiger partial charge in [-0.1, -0.05) is 12.1 Å². The number of rotatable bonds is 5. The van der Waals surface area contributed by atoms with Gasteiger partial charge in [0.2, 0.25) is 0 Å². The summed E-state index contributed by atoms with van der Waals surface area (Å²) in [7, 11) is -3.58. The smallest absolute Gasteiger partial charge is 0.251 e. The first-order valence-electron chi connectivity index (χ1n) is 14.0. The Morgan fingerprint density at radius 3 is 2.60 bits per heavy atom. The van der Waals surface area contributed by atoms with Gasteiger partial charge in [0.15, 0.2) is 9.84 Å². The van der Waals surface area contributed by atoms with Crippen LogP contribution < -0.4 is 10.2 Å². The predicted molar refractivity (Wildman–Crippen MR) is 159 cm³/mol. The summed E-state index contributed by atoms with van der Waals surface area (Å²) in [6.07, 6.45) is 1.99. The van der Waals surface area contributed by atoms with Crippen LogP contribution in [0.4, 0.5) is 5.82 Å². The van der Waals surface area contributed by atoms with E-state index in [0.29, 0.717) is 11.3 Å². The van der Waals surface area contributed by atoms with Crippen molar-refractivity contribution in [3.8, 4) is 11.4 Å². The molecular formula is C31H33N5O5S. The van der Waals surface area contributed by atoms with E-state index in [9.17, 15) is 13.2 Å². The molecule has 0 saturated carbocycles. The van der Waals surface area contributed by atoms with Crippen molar-refractivity contribution in [2.45, 2.75) is 56.3 Å². The van der Waals surface area contributed by atoms with Gasteiger partial charge in [0.25, 0.3) is 5.91 Å². The highest BCUT2D eigenvalue weighted by atomic mass is 32.2. The van der Waals surface area contributed by atoms with Gasteiger partial charge in [-0.15, -0.1) is 0 Å². The molecule has 2 aliphatic rings. The molecular weight excluding hydrogens is 554 g/mol. The Balaban J connectivity index is 1.19. The summed E-state index contributed by atoms with van der Waals surface area (Å²) in [5.41, 5.74) is 3.70. The molecule has 4 aromatic rings. The second kappa shape index (κ2) is 11.4. The highest BCUT2D eigenvalue weighted by Crippen LogP contribution is 2.27. The van der Waals surface area contributed by atoms with Crippen molar-refractivity contribution >= 4 is 32.5 Å². The molecule has 0 aliphatic carbocycles. The zero-order valence-corrected chi connectivity index (χ0v) is 24.6. The van der Waals surface area contributed by atoms with Crippen LogP contribution in [-0.4, -0.2) is 66.4 Å². The molecule has 6 rings (SSSR count). The first kappa shape index (κ1) is 28.2. The Hall–Kier alpha value is -3.93. The molecule has 3 atom stereocenters. The number of nitrogens with one attached hydrogen (secondary N) is 1. The lowest BCUT2D eigenvalue weighted by Crippen LogP contribution is -2.45. The molecule has 42 heavy (non-hydrogen) atoms. The number of aromatic nitrogens is 3. The molecule has 2 aliphatic heterocycles. The largest absolute Gasteiger partial charge is 0.375 e. The van der Waals surface area contributed by atoms with Crippen LogP contribution in [-0.2, 0) is 32.5 Å². The van der Waals surface area contributed by atoms with Crippen LogP contribution in [0, 0.1) is 0 Å². The molecule has 11 heteroatoms. The Morgan fingerprint density at radius 1 is 1.00 bits per heavy atom. The molecule has 10 nitrogen and oxygen atoms in total. The Labute approximate surface area is 245 Å². The SMILES string of the molecule is C[C@@H]1CN(c2cccc(-c3ccc4cnc(CNC(=O)c5ccc6c(c5)S(=O)(=O)[C@@H](C)COC6)cc4n3)n2)C[C@H](C)O1. The van der Waals surface area contributed by atoms with E-state index in [0.717, 1.165) is 41.2 Å². The number of sulfone groups is 1. The fourth-order valence-electron chi connectivity index (χ4n) is 5.40. The van der Waals surface area contributed by atoms with Crippen molar-refractivity contribution in [3.05, 3.63) is 77.6 Å². The third-order valence-corrected chi connectivity index (χ3v) is 9.77. The maximum Gasteiger partial charge on any atom is 0.251 e. The van der Waals surface area contributed by atoms with Crippen LogP contribution in [0.25, 0.3) is 22.3 Å². The average Bonchev–Trinajstić information content (AvgIpc) is 3.09. The van der Waals surface area contributed by atoms with Gasteiger partial charge in [-0.3, -0.25) is 9.78 Å². The standard InChI is InChI=1S/C31H33N5O5S/c1-19-15-36(16-20(2)41-19)30-6-4-5-26(35-30)27-10-9-23-13-32-25(12-28(23)34-27)14-33-31(37)22-7-8-24-18-40-17-21(3)42(38,39)29(24)11-22/h4-13,19-21H,14-18H2,1-3H3,(H,33,37)/t19-,20+,21-/m0/s1. The number of pyridine rings is 3. The monoisotopic (exact) mass is 587 g/mol. The van der Waals surface area contributed by atoms with Gasteiger partial charge < -0.3 is 19.7 Å². The minimum Gasteiger partial charge on any atom is -0.375 e. The van der Waals surface area contributed by atoms with E-state index in [1.54, 1.807) is 25.3 Å². The molecule has 0 bridgehead atoms. The average molecular weight is 588 g/mol. The van der Waals surface area contributed by atoms with Crippen molar-refractivity contribution in [2.24, 2.45) is 0 Å². The molecule has 0 spiro atoms. The number of hydrogen-bond donors (Lipinski definition) is 1. The van der Waals surface area contributed by atoms with Crippen LogP contribution >= 0.6 is 0 Å². The minimum atomic E-state index is -3.58. The molecule has 218 valence electrons. The highest BCUT2D eigenvalue weighted by molar-refractivity contribution is 7.92. The zero-order chi connectivity index (χ0) is 29.4. The number of anilines is 1. The van der Waals surface area contributed by atoms with Gasteiger partial charge in [0.05, 0.1) is 64.7 Å². The molecule has 3 aromatic heterocycles. The van der Waals surface area contributed by atoms with Crippen LogP contribution in [0.1, 0.15) is 42.4 Å². The molecule has 1 N–H and O–H groups in total. The number of nitrogens with zero attached hydrogens (tertiary/aromatic N) is 4. The van der Waals surface area contributed by atoms with Crippen LogP contribution in [0.5, 0.6) is 0 Å². The van der Waals surface area contributed by atoms with Crippen molar-refractivity contribution < 1.29 is 22.7 Å². The van der Waals surface area contributed by atoms with Crippen molar-refractivity contribution in [1.29, 1.82) is 0 Å². The number of morpholine rings is 1. The number of carbonyl (C=O) groups excluding carboxylic acids is 1. The van der Waals surface area contributed by atoms with E-state index in [1.807, 2.05) is 36.4 Å². The Bertz CT molecular complexity index is 1750. The molecule has 1 saturated heterocycles. The van der Waals surface area contributed by atoms with Crippen LogP contribution in [0.15, 0.2) is 65.7 Å². The van der Waals surface area contributed by atoms with E-state index in [2.05, 4.69) is 29.0 Å². The number of fused-ring (bicyclic) bond motifs is 2. The molecule has 0 unspecified atom stereocenters. The van der Waals surface area contributed by atoms with Crippen molar-refractivity contribution in [2.75, 3.05) is 24.6 Å². The summed E-state index contributed by atoms with van der Waals surface area (Å²) in [6.45, 7) is 7.78. The maximum atomic E-state index is 13.0. The number of benzene rings is 1. The zero-order valence-electron chi connectivity index (χ0n) is 23.8. The van der Waals surface area contributed by atoms with E-state index < -0.39 is 15.1 Å². The summed E-state index contributed by atoms with van der Waals surface area (Å²) in [4.78, 5) is 29.6. The first-order valence-corrected chi connectivity index (χ1v) is 15.6. The van der Waals surface area contributed by atoms with Gasteiger partial charge >= 0.3 is 0 Å². The Kier molecular flexibility index (Phi) is 7.65. The van der Waals surface area contributed by atoms with Crippen molar-refractivity contribution in [3.63, 3.8) is 0 Å². The molecule has 1 aromatic carbocycles. The lowest BCUT2D eigenvalue weighted by molar-refractivity contribution is -0.00545. The lowest BCUT2D eigenvalue weighted by atomic mass is 10.1. The summed E-state index contributed by atoms with van der Waals surface area (Å²) in [5.74, 6) is 0.504. The number of ether oxygens (including phenoxy) is 2. The molecule has 1 fully saturated rings. The summed E-state index contributed by atoms with van der Waals surface area (Å²) >= 11 is 0.